The van der Waals surface area contributed by atoms with Crippen LogP contribution in [-0.4, -0.2) is 12.0 Å². The van der Waals surface area contributed by atoms with Gasteiger partial charge >= 0.3 is 0 Å². The zero-order valence-corrected chi connectivity index (χ0v) is 12.0. The highest BCUT2D eigenvalue weighted by Crippen LogP contribution is 2.21. The van der Waals surface area contributed by atoms with Gasteiger partial charge < -0.3 is 10.6 Å². The van der Waals surface area contributed by atoms with E-state index in [1.807, 2.05) is 37.5 Å². The lowest BCUT2D eigenvalue weighted by Crippen LogP contribution is -2.20. The molecule has 2 N–H and O–H groups in total. The largest absolute Gasteiger partial charge is 0.355 e. The van der Waals surface area contributed by atoms with Crippen LogP contribution in [-0.2, 0) is 13.1 Å². The van der Waals surface area contributed by atoms with Gasteiger partial charge in [-0.3, -0.25) is 0 Å². The van der Waals surface area contributed by atoms with Crippen molar-refractivity contribution in [1.29, 1.82) is 0 Å². The van der Waals surface area contributed by atoms with Gasteiger partial charge in [0.1, 0.15) is 5.82 Å². The number of anilines is 1. The predicted molar refractivity (Wildman–Crippen MR) is 80.4 cm³/mol. The number of aromatic nitrogens is 1. The third kappa shape index (κ3) is 3.25. The molecule has 0 amide bonds. The van der Waals surface area contributed by atoms with E-state index in [2.05, 4.69) is 22.9 Å². The number of aryl methyl sites for hydroxylation is 1. The average molecular weight is 276 g/mol. The van der Waals surface area contributed by atoms with Gasteiger partial charge in [0.15, 0.2) is 0 Å². The second-order valence-corrected chi connectivity index (χ2v) is 5.06. The molecular weight excluding hydrogens is 258 g/mol. The fraction of sp³-hybridized carbons (Fsp3) is 0.267. The molecule has 1 aromatic carbocycles. The van der Waals surface area contributed by atoms with Crippen molar-refractivity contribution < 1.29 is 0 Å². The zero-order chi connectivity index (χ0) is 13.8. The molecule has 2 rings (SSSR count). The normalized spacial score (nSPS) is 10.5. The quantitative estimate of drug-likeness (QED) is 0.932. The van der Waals surface area contributed by atoms with Crippen LogP contribution in [0.4, 0.5) is 5.82 Å². The highest BCUT2D eigenvalue weighted by molar-refractivity contribution is 6.30. The van der Waals surface area contributed by atoms with Crippen LogP contribution in [0.1, 0.15) is 16.7 Å². The molecule has 3 nitrogen and oxygen atoms in total. The molecule has 0 unspecified atom stereocenters. The van der Waals surface area contributed by atoms with Crippen LogP contribution < -0.4 is 10.6 Å². The molecular formula is C15H18ClN3. The van der Waals surface area contributed by atoms with E-state index >= 15 is 0 Å². The SMILES string of the molecule is Cc1ccnc(N(C)Cc2cccc(Cl)c2)c1CN. The van der Waals surface area contributed by atoms with Gasteiger partial charge in [-0.05, 0) is 36.2 Å². The molecule has 0 saturated carbocycles. The minimum absolute atomic E-state index is 0.495. The Morgan fingerprint density at radius 2 is 2.11 bits per heavy atom. The molecule has 0 spiro atoms. The summed E-state index contributed by atoms with van der Waals surface area (Å²) >= 11 is 6.00. The molecule has 1 aromatic heterocycles. The number of rotatable bonds is 4. The first-order valence-corrected chi connectivity index (χ1v) is 6.59. The number of hydrogen-bond acceptors (Lipinski definition) is 3. The number of pyridine rings is 1. The molecule has 0 saturated heterocycles. The maximum Gasteiger partial charge on any atom is 0.133 e. The molecule has 1 heterocycles. The first-order chi connectivity index (χ1) is 9.11. The lowest BCUT2D eigenvalue weighted by atomic mass is 10.1. The molecule has 0 fully saturated rings. The monoisotopic (exact) mass is 275 g/mol. The Kier molecular flexibility index (Phi) is 4.40. The van der Waals surface area contributed by atoms with Crippen LogP contribution in [0.5, 0.6) is 0 Å². The van der Waals surface area contributed by atoms with Crippen molar-refractivity contribution in [2.45, 2.75) is 20.0 Å². The number of nitrogens with zero attached hydrogens (tertiary/aromatic N) is 2. The van der Waals surface area contributed by atoms with Crippen LogP contribution in [0.15, 0.2) is 36.5 Å². The van der Waals surface area contributed by atoms with E-state index in [0.29, 0.717) is 6.54 Å². The van der Waals surface area contributed by atoms with Gasteiger partial charge in [-0.2, -0.15) is 0 Å². The van der Waals surface area contributed by atoms with Crippen LogP contribution in [0.2, 0.25) is 5.02 Å². The smallest absolute Gasteiger partial charge is 0.133 e. The van der Waals surface area contributed by atoms with Crippen molar-refractivity contribution >= 4 is 17.4 Å². The van der Waals surface area contributed by atoms with E-state index in [0.717, 1.165) is 28.5 Å². The molecule has 2 aromatic rings. The zero-order valence-electron chi connectivity index (χ0n) is 11.2. The summed E-state index contributed by atoms with van der Waals surface area (Å²) in [7, 11) is 2.02. The molecule has 100 valence electrons. The fourth-order valence-electron chi connectivity index (χ4n) is 2.14. The van der Waals surface area contributed by atoms with Gasteiger partial charge in [0.25, 0.3) is 0 Å². The Labute approximate surface area is 119 Å². The maximum atomic E-state index is 6.00. The van der Waals surface area contributed by atoms with Gasteiger partial charge in [0.05, 0.1) is 0 Å². The Bertz CT molecular complexity index is 569. The molecule has 19 heavy (non-hydrogen) atoms. The van der Waals surface area contributed by atoms with Crippen LogP contribution in [0, 0.1) is 6.92 Å². The van der Waals surface area contributed by atoms with E-state index in [1.54, 1.807) is 0 Å². The maximum absolute atomic E-state index is 6.00. The Balaban J connectivity index is 2.25. The highest BCUT2D eigenvalue weighted by Gasteiger charge is 2.10. The molecule has 0 radical (unpaired) electrons. The Morgan fingerprint density at radius 3 is 2.79 bits per heavy atom. The van der Waals surface area contributed by atoms with Crippen molar-refractivity contribution in [3.05, 3.63) is 58.2 Å². The van der Waals surface area contributed by atoms with E-state index < -0.39 is 0 Å². The lowest BCUT2D eigenvalue weighted by molar-refractivity contribution is 0.871. The standard InChI is InChI=1S/C15H18ClN3/c1-11-6-7-18-15(14(11)9-17)19(2)10-12-4-3-5-13(16)8-12/h3-8H,9-10,17H2,1-2H3. The number of benzene rings is 1. The summed E-state index contributed by atoms with van der Waals surface area (Å²) in [5.41, 5.74) is 9.23. The van der Waals surface area contributed by atoms with Gasteiger partial charge in [-0.15, -0.1) is 0 Å². The van der Waals surface area contributed by atoms with Crippen molar-refractivity contribution in [2.24, 2.45) is 5.73 Å². The van der Waals surface area contributed by atoms with Gasteiger partial charge in [-0.1, -0.05) is 23.7 Å². The second kappa shape index (κ2) is 6.04. The molecule has 0 aliphatic heterocycles. The van der Waals surface area contributed by atoms with E-state index in [9.17, 15) is 0 Å². The van der Waals surface area contributed by atoms with Crippen molar-refractivity contribution in [1.82, 2.24) is 4.98 Å². The molecule has 0 aliphatic rings. The topological polar surface area (TPSA) is 42.2 Å². The van der Waals surface area contributed by atoms with E-state index in [1.165, 1.54) is 5.56 Å². The van der Waals surface area contributed by atoms with Crippen molar-refractivity contribution in [3.8, 4) is 0 Å². The summed E-state index contributed by atoms with van der Waals surface area (Å²) in [6, 6.07) is 9.84. The van der Waals surface area contributed by atoms with Crippen molar-refractivity contribution in [2.75, 3.05) is 11.9 Å². The first kappa shape index (κ1) is 13.8. The lowest BCUT2D eigenvalue weighted by Gasteiger charge is -2.22. The predicted octanol–water partition coefficient (Wildman–Crippen LogP) is 3.14. The van der Waals surface area contributed by atoms with Crippen LogP contribution >= 0.6 is 11.6 Å². The Morgan fingerprint density at radius 1 is 1.32 bits per heavy atom. The van der Waals surface area contributed by atoms with Crippen molar-refractivity contribution in [3.63, 3.8) is 0 Å². The third-order valence-corrected chi connectivity index (χ3v) is 3.38. The summed E-state index contributed by atoms with van der Waals surface area (Å²) in [5.74, 6) is 0.933. The summed E-state index contributed by atoms with van der Waals surface area (Å²) in [5, 5.41) is 0.752. The Hall–Kier alpha value is -1.58. The first-order valence-electron chi connectivity index (χ1n) is 6.22. The number of halogens is 1. The highest BCUT2D eigenvalue weighted by atomic mass is 35.5. The third-order valence-electron chi connectivity index (χ3n) is 3.14. The van der Waals surface area contributed by atoms with Crippen LogP contribution in [0.25, 0.3) is 0 Å². The van der Waals surface area contributed by atoms with E-state index in [4.69, 9.17) is 17.3 Å². The van der Waals surface area contributed by atoms with Gasteiger partial charge in [0, 0.05) is 36.9 Å². The van der Waals surface area contributed by atoms with Gasteiger partial charge in [-0.25, -0.2) is 4.98 Å². The van der Waals surface area contributed by atoms with Gasteiger partial charge in [0.2, 0.25) is 0 Å². The molecule has 0 atom stereocenters. The molecule has 4 heteroatoms. The fourth-order valence-corrected chi connectivity index (χ4v) is 2.35. The summed E-state index contributed by atoms with van der Waals surface area (Å²) < 4.78 is 0. The molecule has 0 aliphatic carbocycles. The second-order valence-electron chi connectivity index (χ2n) is 4.62. The minimum Gasteiger partial charge on any atom is -0.355 e. The minimum atomic E-state index is 0.495. The van der Waals surface area contributed by atoms with Crippen LogP contribution in [0.3, 0.4) is 0 Å². The molecule has 0 bridgehead atoms. The summed E-state index contributed by atoms with van der Waals surface area (Å²) in [6.45, 7) is 3.31. The number of nitrogens with two attached hydrogens (primary N) is 1. The summed E-state index contributed by atoms with van der Waals surface area (Å²) in [4.78, 5) is 6.54. The summed E-state index contributed by atoms with van der Waals surface area (Å²) in [6.07, 6.45) is 1.82. The number of hydrogen-bond donors (Lipinski definition) is 1. The van der Waals surface area contributed by atoms with E-state index in [-0.39, 0.29) is 0 Å². The average Bonchev–Trinajstić information content (AvgIpc) is 2.38.